The first kappa shape index (κ1) is 17.8. The molecule has 1 fully saturated rings. The van der Waals surface area contributed by atoms with Crippen molar-refractivity contribution in [3.63, 3.8) is 0 Å². The summed E-state index contributed by atoms with van der Waals surface area (Å²) in [5.74, 6) is 1.24. The molecule has 1 N–H and O–H groups in total. The van der Waals surface area contributed by atoms with E-state index >= 15 is 0 Å². The number of hydrogen-bond acceptors (Lipinski definition) is 5. The molecule has 1 saturated heterocycles. The summed E-state index contributed by atoms with van der Waals surface area (Å²) in [4.78, 5) is 15.0. The summed E-state index contributed by atoms with van der Waals surface area (Å²) in [6.07, 6.45) is 2.22. The predicted molar refractivity (Wildman–Crippen MR) is 101 cm³/mol. The van der Waals surface area contributed by atoms with E-state index in [-0.39, 0.29) is 11.9 Å². The van der Waals surface area contributed by atoms with Crippen LogP contribution in [0.25, 0.3) is 0 Å². The van der Waals surface area contributed by atoms with E-state index in [0.29, 0.717) is 23.2 Å². The molecule has 6 heteroatoms. The van der Waals surface area contributed by atoms with E-state index in [1.54, 1.807) is 37.7 Å². The lowest BCUT2D eigenvalue weighted by atomic mass is 10.1. The maximum Gasteiger partial charge on any atom is 0.241 e. The van der Waals surface area contributed by atoms with E-state index in [4.69, 9.17) is 9.47 Å². The number of hydrogen-bond donors (Lipinski definition) is 1. The fraction of sp³-hybridized carbons (Fsp3) is 0.421. The number of methoxy groups -OCH3 is 2. The molecule has 0 saturated carbocycles. The molecular formula is C19H24N2O3S. The van der Waals surface area contributed by atoms with E-state index in [9.17, 15) is 4.79 Å². The van der Waals surface area contributed by atoms with Crippen molar-refractivity contribution >= 4 is 22.9 Å². The maximum absolute atomic E-state index is 12.7. The number of nitrogens with zero attached hydrogens (tertiary/aromatic N) is 1. The minimum absolute atomic E-state index is 0.00523. The number of likely N-dealkylation sites (tertiary alicyclic amines) is 1. The SMILES string of the molecule is COc1ccc(NC(=O)C(C)N2CCCC2c2ccsc2)cc1OC. The molecule has 0 bridgehead atoms. The highest BCUT2D eigenvalue weighted by molar-refractivity contribution is 7.07. The van der Waals surface area contributed by atoms with E-state index in [2.05, 4.69) is 27.0 Å². The minimum Gasteiger partial charge on any atom is -0.493 e. The number of carbonyl (C=O) groups excluding carboxylic acids is 1. The van der Waals surface area contributed by atoms with Gasteiger partial charge in [-0.3, -0.25) is 9.69 Å². The average molecular weight is 360 g/mol. The van der Waals surface area contributed by atoms with E-state index < -0.39 is 0 Å². The van der Waals surface area contributed by atoms with Crippen LogP contribution in [0.2, 0.25) is 0 Å². The van der Waals surface area contributed by atoms with Gasteiger partial charge in [0.15, 0.2) is 11.5 Å². The van der Waals surface area contributed by atoms with Crippen LogP contribution < -0.4 is 14.8 Å². The number of nitrogens with one attached hydrogen (secondary N) is 1. The van der Waals surface area contributed by atoms with Crippen molar-refractivity contribution in [2.45, 2.75) is 31.8 Å². The van der Waals surface area contributed by atoms with Crippen LogP contribution in [0.5, 0.6) is 11.5 Å². The molecular weight excluding hydrogens is 336 g/mol. The highest BCUT2D eigenvalue weighted by Crippen LogP contribution is 2.35. The van der Waals surface area contributed by atoms with Gasteiger partial charge in [-0.1, -0.05) is 0 Å². The number of anilines is 1. The van der Waals surface area contributed by atoms with Crippen LogP contribution in [0.15, 0.2) is 35.0 Å². The Balaban J connectivity index is 1.70. The van der Waals surface area contributed by atoms with Crippen LogP contribution in [0, 0.1) is 0 Å². The lowest BCUT2D eigenvalue weighted by molar-refractivity contribution is -0.121. The van der Waals surface area contributed by atoms with Crippen LogP contribution in [-0.2, 0) is 4.79 Å². The van der Waals surface area contributed by atoms with E-state index in [1.807, 2.05) is 13.0 Å². The van der Waals surface area contributed by atoms with Crippen molar-refractivity contribution in [3.05, 3.63) is 40.6 Å². The summed E-state index contributed by atoms with van der Waals surface area (Å²) in [5.41, 5.74) is 2.02. The van der Waals surface area contributed by atoms with Gasteiger partial charge in [0.05, 0.1) is 20.3 Å². The lowest BCUT2D eigenvalue weighted by Crippen LogP contribution is -2.41. The summed E-state index contributed by atoms with van der Waals surface area (Å²) >= 11 is 1.71. The topological polar surface area (TPSA) is 50.8 Å². The number of thiophene rings is 1. The lowest BCUT2D eigenvalue weighted by Gasteiger charge is -2.29. The number of benzene rings is 1. The molecule has 1 aromatic carbocycles. The molecule has 0 radical (unpaired) electrons. The van der Waals surface area contributed by atoms with Gasteiger partial charge in [-0.25, -0.2) is 0 Å². The van der Waals surface area contributed by atoms with Crippen LogP contribution in [-0.4, -0.2) is 37.6 Å². The Morgan fingerprint density at radius 3 is 2.76 bits per heavy atom. The summed E-state index contributed by atoms with van der Waals surface area (Å²) in [5, 5.41) is 7.28. The molecule has 25 heavy (non-hydrogen) atoms. The van der Waals surface area contributed by atoms with Gasteiger partial charge in [0.2, 0.25) is 5.91 Å². The molecule has 0 aliphatic carbocycles. The normalized spacial score (nSPS) is 18.8. The zero-order valence-electron chi connectivity index (χ0n) is 14.8. The maximum atomic E-state index is 12.7. The Labute approximate surface area is 152 Å². The Bertz CT molecular complexity index is 717. The minimum atomic E-state index is -0.194. The Morgan fingerprint density at radius 1 is 1.28 bits per heavy atom. The molecule has 2 unspecified atom stereocenters. The van der Waals surface area contributed by atoms with Gasteiger partial charge < -0.3 is 14.8 Å². The first-order chi connectivity index (χ1) is 12.1. The number of ether oxygens (including phenoxy) is 2. The van der Waals surface area contributed by atoms with Crippen molar-refractivity contribution in [1.82, 2.24) is 4.90 Å². The molecule has 1 amide bonds. The van der Waals surface area contributed by atoms with Crippen molar-refractivity contribution in [2.75, 3.05) is 26.1 Å². The fourth-order valence-corrected chi connectivity index (χ4v) is 4.09. The molecule has 1 aliphatic rings. The Morgan fingerprint density at radius 2 is 2.08 bits per heavy atom. The van der Waals surface area contributed by atoms with Crippen molar-refractivity contribution in [1.29, 1.82) is 0 Å². The zero-order valence-corrected chi connectivity index (χ0v) is 15.6. The van der Waals surface area contributed by atoms with Gasteiger partial charge in [0.1, 0.15) is 0 Å². The fourth-order valence-electron chi connectivity index (χ4n) is 3.39. The largest absolute Gasteiger partial charge is 0.493 e. The van der Waals surface area contributed by atoms with Crippen LogP contribution in [0.3, 0.4) is 0 Å². The van der Waals surface area contributed by atoms with Gasteiger partial charge in [-0.2, -0.15) is 11.3 Å². The van der Waals surface area contributed by atoms with E-state index in [1.165, 1.54) is 5.56 Å². The first-order valence-electron chi connectivity index (χ1n) is 8.44. The standard InChI is InChI=1S/C19H24N2O3S/c1-13(21-9-4-5-16(21)14-8-10-25-12-14)19(22)20-15-6-7-17(23-2)18(11-15)24-3/h6-8,10-13,16H,4-5,9H2,1-3H3,(H,20,22). The second-order valence-electron chi connectivity index (χ2n) is 6.19. The summed E-state index contributed by atoms with van der Waals surface area (Å²) in [6, 6.07) is 7.70. The van der Waals surface area contributed by atoms with Gasteiger partial charge in [-0.05, 0) is 60.8 Å². The van der Waals surface area contributed by atoms with Crippen LogP contribution in [0.1, 0.15) is 31.4 Å². The quantitative estimate of drug-likeness (QED) is 0.848. The Kier molecular flexibility index (Phi) is 5.60. The first-order valence-corrected chi connectivity index (χ1v) is 9.39. The number of carbonyl (C=O) groups is 1. The molecule has 1 aromatic heterocycles. The van der Waals surface area contributed by atoms with Crippen molar-refractivity contribution in [3.8, 4) is 11.5 Å². The van der Waals surface area contributed by atoms with Crippen molar-refractivity contribution < 1.29 is 14.3 Å². The van der Waals surface area contributed by atoms with Gasteiger partial charge in [0.25, 0.3) is 0 Å². The van der Waals surface area contributed by atoms with Crippen molar-refractivity contribution in [2.24, 2.45) is 0 Å². The molecule has 134 valence electrons. The molecule has 2 heterocycles. The van der Waals surface area contributed by atoms with Crippen LogP contribution in [0.4, 0.5) is 5.69 Å². The highest BCUT2D eigenvalue weighted by atomic mass is 32.1. The van der Waals surface area contributed by atoms with Gasteiger partial charge in [-0.15, -0.1) is 0 Å². The highest BCUT2D eigenvalue weighted by Gasteiger charge is 2.33. The molecule has 3 rings (SSSR count). The number of rotatable bonds is 6. The third kappa shape index (κ3) is 3.80. The second kappa shape index (κ2) is 7.89. The van der Waals surface area contributed by atoms with E-state index in [0.717, 1.165) is 19.4 Å². The predicted octanol–water partition coefficient (Wildman–Crippen LogP) is 3.93. The summed E-state index contributed by atoms with van der Waals surface area (Å²) < 4.78 is 10.5. The third-order valence-electron chi connectivity index (χ3n) is 4.75. The zero-order chi connectivity index (χ0) is 17.8. The number of amides is 1. The summed E-state index contributed by atoms with van der Waals surface area (Å²) in [7, 11) is 3.18. The molecule has 5 nitrogen and oxygen atoms in total. The third-order valence-corrected chi connectivity index (χ3v) is 5.45. The molecule has 1 aliphatic heterocycles. The second-order valence-corrected chi connectivity index (χ2v) is 6.97. The summed E-state index contributed by atoms with van der Waals surface area (Å²) in [6.45, 7) is 2.92. The smallest absolute Gasteiger partial charge is 0.241 e. The average Bonchev–Trinajstić information content (AvgIpc) is 3.31. The van der Waals surface area contributed by atoms with Crippen LogP contribution >= 0.6 is 11.3 Å². The molecule has 0 spiro atoms. The Hall–Kier alpha value is -2.05. The van der Waals surface area contributed by atoms with Gasteiger partial charge in [0, 0.05) is 17.8 Å². The van der Waals surface area contributed by atoms with Gasteiger partial charge >= 0.3 is 0 Å². The molecule has 2 atom stereocenters. The molecule has 2 aromatic rings. The monoisotopic (exact) mass is 360 g/mol.